The average molecular weight is 354 g/mol. The highest BCUT2D eigenvalue weighted by molar-refractivity contribution is 14.1. The van der Waals surface area contributed by atoms with Gasteiger partial charge in [-0.25, -0.2) is 0 Å². The van der Waals surface area contributed by atoms with Crippen LogP contribution in [0.2, 0.25) is 18.1 Å². The van der Waals surface area contributed by atoms with Gasteiger partial charge in [-0.05, 0) is 28.1 Å². The molecule has 0 saturated heterocycles. The summed E-state index contributed by atoms with van der Waals surface area (Å²) in [7, 11) is -1.64. The van der Waals surface area contributed by atoms with E-state index in [2.05, 4.69) is 80.5 Å². The normalized spacial score (nSPS) is 17.8. The molecule has 0 amide bonds. The summed E-state index contributed by atoms with van der Waals surface area (Å²) in [6.07, 6.45) is 3.65. The van der Waals surface area contributed by atoms with Gasteiger partial charge in [-0.15, -0.1) is 0 Å². The Balaban J connectivity index is 4.75. The van der Waals surface area contributed by atoms with Gasteiger partial charge in [0, 0.05) is 0 Å². The standard InChI is InChI=1S/C13H27IOSi/c1-8-11(2)12(9-10-14)15-16(6,7)13(3,4)5/h9-12H,8H2,1-7H3/b10-9+/t11-,12+/m0/s1. The first-order chi connectivity index (χ1) is 7.15. The molecule has 0 fully saturated rings. The first kappa shape index (κ1) is 16.6. The lowest BCUT2D eigenvalue weighted by Gasteiger charge is -2.40. The molecule has 3 heteroatoms. The molecule has 0 bridgehead atoms. The van der Waals surface area contributed by atoms with Crippen LogP contribution in [0.15, 0.2) is 10.2 Å². The van der Waals surface area contributed by atoms with Gasteiger partial charge in [-0.1, -0.05) is 69.7 Å². The van der Waals surface area contributed by atoms with E-state index in [0.717, 1.165) is 0 Å². The maximum Gasteiger partial charge on any atom is 0.192 e. The summed E-state index contributed by atoms with van der Waals surface area (Å²) in [5.41, 5.74) is 0. The molecule has 96 valence electrons. The second-order valence-corrected chi connectivity index (χ2v) is 11.5. The van der Waals surface area contributed by atoms with E-state index in [1.165, 1.54) is 6.42 Å². The van der Waals surface area contributed by atoms with E-state index in [1.807, 2.05) is 0 Å². The van der Waals surface area contributed by atoms with Crippen molar-refractivity contribution in [3.8, 4) is 0 Å². The molecule has 0 aliphatic heterocycles. The van der Waals surface area contributed by atoms with Gasteiger partial charge in [0.25, 0.3) is 0 Å². The molecule has 2 atom stereocenters. The van der Waals surface area contributed by atoms with Crippen molar-refractivity contribution in [2.45, 2.75) is 65.3 Å². The van der Waals surface area contributed by atoms with Crippen LogP contribution in [0.25, 0.3) is 0 Å². The molecule has 0 aromatic carbocycles. The summed E-state index contributed by atoms with van der Waals surface area (Å²) in [4.78, 5) is 0. The molecule has 0 aliphatic carbocycles. The Hall–Kier alpha value is 0.647. The molecule has 0 unspecified atom stereocenters. The topological polar surface area (TPSA) is 9.23 Å². The molecular formula is C13H27IOSi. The van der Waals surface area contributed by atoms with E-state index in [1.54, 1.807) is 0 Å². The van der Waals surface area contributed by atoms with Crippen molar-refractivity contribution in [3.05, 3.63) is 10.2 Å². The van der Waals surface area contributed by atoms with Gasteiger partial charge < -0.3 is 4.43 Å². The van der Waals surface area contributed by atoms with Crippen LogP contribution in [0.1, 0.15) is 41.0 Å². The summed E-state index contributed by atoms with van der Waals surface area (Å²) in [6.45, 7) is 16.0. The minimum atomic E-state index is -1.64. The number of hydrogen-bond acceptors (Lipinski definition) is 1. The highest BCUT2D eigenvalue weighted by Gasteiger charge is 2.39. The van der Waals surface area contributed by atoms with Crippen LogP contribution >= 0.6 is 22.6 Å². The highest BCUT2D eigenvalue weighted by Crippen LogP contribution is 2.38. The molecule has 0 saturated carbocycles. The molecule has 0 aromatic heterocycles. The zero-order chi connectivity index (χ0) is 13.0. The van der Waals surface area contributed by atoms with Crippen molar-refractivity contribution in [1.29, 1.82) is 0 Å². The Kier molecular flexibility index (Phi) is 6.81. The van der Waals surface area contributed by atoms with Crippen LogP contribution in [-0.4, -0.2) is 14.4 Å². The third kappa shape index (κ3) is 4.88. The van der Waals surface area contributed by atoms with Crippen molar-refractivity contribution in [2.24, 2.45) is 5.92 Å². The number of rotatable bonds is 5. The maximum absolute atomic E-state index is 6.44. The monoisotopic (exact) mass is 354 g/mol. The van der Waals surface area contributed by atoms with Crippen LogP contribution in [0.4, 0.5) is 0 Å². The second kappa shape index (κ2) is 6.54. The first-order valence-electron chi connectivity index (χ1n) is 6.10. The van der Waals surface area contributed by atoms with Crippen LogP contribution in [0.5, 0.6) is 0 Å². The molecule has 0 aliphatic rings. The van der Waals surface area contributed by atoms with E-state index in [0.29, 0.717) is 5.92 Å². The van der Waals surface area contributed by atoms with Crippen LogP contribution in [0.3, 0.4) is 0 Å². The predicted octanol–water partition coefficient (Wildman–Crippen LogP) is 5.37. The molecule has 16 heavy (non-hydrogen) atoms. The van der Waals surface area contributed by atoms with Gasteiger partial charge in [0.05, 0.1) is 6.10 Å². The predicted molar refractivity (Wildman–Crippen MR) is 84.7 cm³/mol. The fraction of sp³-hybridized carbons (Fsp3) is 0.846. The SMILES string of the molecule is CC[C@H](C)[C@@H](/C=C/I)O[Si](C)(C)C(C)(C)C. The zero-order valence-electron chi connectivity index (χ0n) is 11.8. The van der Waals surface area contributed by atoms with E-state index >= 15 is 0 Å². The van der Waals surface area contributed by atoms with E-state index in [4.69, 9.17) is 4.43 Å². The third-order valence-electron chi connectivity index (χ3n) is 3.70. The second-order valence-electron chi connectivity index (χ2n) is 6.05. The Morgan fingerprint density at radius 1 is 1.31 bits per heavy atom. The van der Waals surface area contributed by atoms with Crippen molar-refractivity contribution in [2.75, 3.05) is 0 Å². The van der Waals surface area contributed by atoms with Gasteiger partial charge in [0.2, 0.25) is 0 Å². The molecule has 1 nitrogen and oxygen atoms in total. The molecule has 0 aromatic rings. The third-order valence-corrected chi connectivity index (χ3v) is 8.59. The van der Waals surface area contributed by atoms with E-state index < -0.39 is 8.32 Å². The van der Waals surface area contributed by atoms with Gasteiger partial charge >= 0.3 is 0 Å². The summed E-state index contributed by atoms with van der Waals surface area (Å²) >= 11 is 2.28. The van der Waals surface area contributed by atoms with E-state index in [9.17, 15) is 0 Å². The quantitative estimate of drug-likeness (QED) is 0.476. The van der Waals surface area contributed by atoms with Crippen molar-refractivity contribution < 1.29 is 4.43 Å². The summed E-state index contributed by atoms with van der Waals surface area (Å²) in [6, 6.07) is 0. The van der Waals surface area contributed by atoms with Crippen molar-refractivity contribution >= 4 is 30.9 Å². The fourth-order valence-electron chi connectivity index (χ4n) is 1.17. The number of halogens is 1. The smallest absolute Gasteiger partial charge is 0.192 e. The van der Waals surface area contributed by atoms with Crippen LogP contribution in [0, 0.1) is 5.92 Å². The summed E-state index contributed by atoms with van der Waals surface area (Å²) in [5, 5.41) is 0.290. The lowest BCUT2D eigenvalue weighted by Crippen LogP contribution is -2.44. The molecule has 0 radical (unpaired) electrons. The zero-order valence-corrected chi connectivity index (χ0v) is 15.0. The molecule has 0 N–H and O–H groups in total. The minimum absolute atomic E-state index is 0.280. The summed E-state index contributed by atoms with van der Waals surface area (Å²) in [5.74, 6) is 0.597. The van der Waals surface area contributed by atoms with Crippen molar-refractivity contribution in [3.63, 3.8) is 0 Å². The largest absolute Gasteiger partial charge is 0.410 e. The van der Waals surface area contributed by atoms with Gasteiger partial charge in [-0.2, -0.15) is 0 Å². The Morgan fingerprint density at radius 3 is 2.12 bits per heavy atom. The molecule has 0 heterocycles. The minimum Gasteiger partial charge on any atom is -0.410 e. The maximum atomic E-state index is 6.44. The first-order valence-corrected chi connectivity index (χ1v) is 10.3. The lowest BCUT2D eigenvalue weighted by molar-refractivity contribution is 0.166. The van der Waals surface area contributed by atoms with Crippen molar-refractivity contribution in [1.82, 2.24) is 0 Å². The fourth-order valence-corrected chi connectivity index (χ4v) is 2.92. The Labute approximate surface area is 116 Å². The molecular weight excluding hydrogens is 327 g/mol. The molecule has 0 rings (SSSR count). The van der Waals surface area contributed by atoms with Gasteiger partial charge in [0.15, 0.2) is 8.32 Å². The summed E-state index contributed by atoms with van der Waals surface area (Å²) < 4.78 is 8.53. The van der Waals surface area contributed by atoms with E-state index in [-0.39, 0.29) is 11.1 Å². The van der Waals surface area contributed by atoms with Crippen LogP contribution < -0.4 is 0 Å². The highest BCUT2D eigenvalue weighted by atomic mass is 127. The van der Waals surface area contributed by atoms with Gasteiger partial charge in [-0.3, -0.25) is 0 Å². The Morgan fingerprint density at radius 2 is 1.81 bits per heavy atom. The molecule has 0 spiro atoms. The lowest BCUT2D eigenvalue weighted by atomic mass is 10.0. The Bertz CT molecular complexity index is 231. The van der Waals surface area contributed by atoms with Gasteiger partial charge in [0.1, 0.15) is 0 Å². The van der Waals surface area contributed by atoms with Crippen LogP contribution in [-0.2, 0) is 4.43 Å². The number of hydrogen-bond donors (Lipinski definition) is 0. The average Bonchev–Trinajstić information content (AvgIpc) is 2.14.